The first-order valence-corrected chi connectivity index (χ1v) is 10.5. The summed E-state index contributed by atoms with van der Waals surface area (Å²) >= 11 is 7.58. The number of aromatic nitrogens is 2. The SMILES string of the molecule is Cc1sc(CNC(=O)N2CCCC2c2ccncc2)nc1-c1ccc(Cl)cc1. The van der Waals surface area contributed by atoms with Crippen molar-refractivity contribution in [3.05, 3.63) is 69.3 Å². The molecule has 0 spiro atoms. The Morgan fingerprint density at radius 1 is 1.25 bits per heavy atom. The molecule has 1 N–H and O–H groups in total. The summed E-state index contributed by atoms with van der Waals surface area (Å²) in [5.74, 6) is 0. The topological polar surface area (TPSA) is 58.1 Å². The van der Waals surface area contributed by atoms with Crippen molar-refractivity contribution >= 4 is 29.0 Å². The van der Waals surface area contributed by atoms with Gasteiger partial charge in [-0.3, -0.25) is 4.98 Å². The number of urea groups is 1. The molecule has 1 aliphatic rings. The molecule has 1 aliphatic heterocycles. The molecule has 3 aromatic rings. The molecular weight excluding hydrogens is 392 g/mol. The van der Waals surface area contributed by atoms with Gasteiger partial charge >= 0.3 is 6.03 Å². The van der Waals surface area contributed by atoms with E-state index in [9.17, 15) is 4.79 Å². The van der Waals surface area contributed by atoms with Crippen LogP contribution in [-0.2, 0) is 6.54 Å². The summed E-state index contributed by atoms with van der Waals surface area (Å²) in [7, 11) is 0. The molecule has 28 heavy (non-hydrogen) atoms. The van der Waals surface area contributed by atoms with Crippen molar-refractivity contribution < 1.29 is 4.79 Å². The van der Waals surface area contributed by atoms with Crippen molar-refractivity contribution in [3.8, 4) is 11.3 Å². The van der Waals surface area contributed by atoms with Crippen molar-refractivity contribution in [3.63, 3.8) is 0 Å². The molecule has 144 valence electrons. The van der Waals surface area contributed by atoms with Crippen LogP contribution in [0.15, 0.2) is 48.8 Å². The van der Waals surface area contributed by atoms with Crippen LogP contribution < -0.4 is 5.32 Å². The van der Waals surface area contributed by atoms with Gasteiger partial charge in [-0.25, -0.2) is 9.78 Å². The van der Waals surface area contributed by atoms with E-state index in [0.717, 1.165) is 46.1 Å². The fraction of sp³-hybridized carbons (Fsp3) is 0.286. The Hall–Kier alpha value is -2.44. The molecule has 0 aliphatic carbocycles. The van der Waals surface area contributed by atoms with E-state index < -0.39 is 0 Å². The van der Waals surface area contributed by atoms with Crippen LogP contribution in [0.2, 0.25) is 5.02 Å². The van der Waals surface area contributed by atoms with Gasteiger partial charge in [0, 0.05) is 34.4 Å². The number of thiazole rings is 1. The molecule has 0 bridgehead atoms. The number of carbonyl (C=O) groups excluding carboxylic acids is 1. The molecule has 4 rings (SSSR count). The van der Waals surface area contributed by atoms with Crippen LogP contribution in [0, 0.1) is 6.92 Å². The van der Waals surface area contributed by atoms with E-state index in [1.54, 1.807) is 23.7 Å². The minimum atomic E-state index is -0.0415. The smallest absolute Gasteiger partial charge is 0.318 e. The summed E-state index contributed by atoms with van der Waals surface area (Å²) < 4.78 is 0. The molecule has 1 atom stereocenters. The Labute approximate surface area is 173 Å². The minimum Gasteiger partial charge on any atom is -0.331 e. The maximum Gasteiger partial charge on any atom is 0.318 e. The highest BCUT2D eigenvalue weighted by molar-refractivity contribution is 7.12. The van der Waals surface area contributed by atoms with Crippen LogP contribution in [0.25, 0.3) is 11.3 Å². The van der Waals surface area contributed by atoms with E-state index in [1.165, 1.54) is 0 Å². The van der Waals surface area contributed by atoms with Crippen LogP contribution in [0.4, 0.5) is 4.79 Å². The average Bonchev–Trinajstić information content (AvgIpc) is 3.34. The molecule has 7 heteroatoms. The summed E-state index contributed by atoms with van der Waals surface area (Å²) in [5.41, 5.74) is 3.12. The lowest BCUT2D eigenvalue weighted by molar-refractivity contribution is 0.192. The second-order valence-electron chi connectivity index (χ2n) is 6.81. The fourth-order valence-corrected chi connectivity index (χ4v) is 4.62. The van der Waals surface area contributed by atoms with Gasteiger partial charge in [-0.2, -0.15) is 0 Å². The van der Waals surface area contributed by atoms with E-state index in [-0.39, 0.29) is 12.1 Å². The van der Waals surface area contributed by atoms with Gasteiger partial charge in [0.25, 0.3) is 0 Å². The Balaban J connectivity index is 1.42. The number of nitrogens with one attached hydrogen (secondary N) is 1. The van der Waals surface area contributed by atoms with Gasteiger partial charge in [0.1, 0.15) is 5.01 Å². The summed E-state index contributed by atoms with van der Waals surface area (Å²) in [6, 6.07) is 11.7. The normalized spacial score (nSPS) is 16.4. The number of amides is 2. The molecule has 2 aromatic heterocycles. The Kier molecular flexibility index (Phi) is 5.59. The zero-order chi connectivity index (χ0) is 19.5. The molecule has 1 fully saturated rings. The van der Waals surface area contributed by atoms with Crippen molar-refractivity contribution in [1.29, 1.82) is 0 Å². The van der Waals surface area contributed by atoms with Gasteiger partial charge in [0.15, 0.2) is 0 Å². The quantitative estimate of drug-likeness (QED) is 0.639. The summed E-state index contributed by atoms with van der Waals surface area (Å²) in [6.07, 6.45) is 5.55. The zero-order valence-electron chi connectivity index (χ0n) is 15.6. The Bertz CT molecular complexity index is 958. The van der Waals surface area contributed by atoms with Crippen molar-refractivity contribution in [2.45, 2.75) is 32.4 Å². The number of carbonyl (C=O) groups is 1. The van der Waals surface area contributed by atoms with Crippen LogP contribution >= 0.6 is 22.9 Å². The molecule has 5 nitrogen and oxygen atoms in total. The first-order valence-electron chi connectivity index (χ1n) is 9.28. The molecule has 1 aromatic carbocycles. The highest BCUT2D eigenvalue weighted by Gasteiger charge is 2.29. The monoisotopic (exact) mass is 412 g/mol. The molecule has 2 amide bonds. The van der Waals surface area contributed by atoms with Gasteiger partial charge in [-0.1, -0.05) is 23.7 Å². The number of nitrogens with zero attached hydrogens (tertiary/aromatic N) is 3. The third kappa shape index (κ3) is 4.03. The zero-order valence-corrected chi connectivity index (χ0v) is 17.1. The van der Waals surface area contributed by atoms with Gasteiger partial charge in [0.05, 0.1) is 18.3 Å². The molecule has 0 saturated carbocycles. The van der Waals surface area contributed by atoms with Crippen LogP contribution in [0.1, 0.15) is 34.3 Å². The number of pyridine rings is 1. The third-order valence-corrected chi connectivity index (χ3v) is 6.18. The number of hydrogen-bond donors (Lipinski definition) is 1. The van der Waals surface area contributed by atoms with Crippen LogP contribution in [0.3, 0.4) is 0 Å². The lowest BCUT2D eigenvalue weighted by Gasteiger charge is -2.25. The molecule has 3 heterocycles. The van der Waals surface area contributed by atoms with Crippen molar-refractivity contribution in [1.82, 2.24) is 20.2 Å². The van der Waals surface area contributed by atoms with Gasteiger partial charge in [-0.15, -0.1) is 11.3 Å². The molecule has 1 saturated heterocycles. The van der Waals surface area contributed by atoms with Crippen molar-refractivity contribution in [2.24, 2.45) is 0 Å². The molecule has 1 unspecified atom stereocenters. The van der Waals surface area contributed by atoms with E-state index in [0.29, 0.717) is 11.6 Å². The second kappa shape index (κ2) is 8.29. The number of likely N-dealkylation sites (tertiary alicyclic amines) is 1. The van der Waals surface area contributed by atoms with Crippen LogP contribution in [0.5, 0.6) is 0 Å². The minimum absolute atomic E-state index is 0.0415. The van der Waals surface area contributed by atoms with E-state index in [1.807, 2.05) is 48.2 Å². The predicted molar refractivity (Wildman–Crippen MR) is 112 cm³/mol. The maximum atomic E-state index is 12.8. The summed E-state index contributed by atoms with van der Waals surface area (Å²) in [4.78, 5) is 24.6. The standard InChI is InChI=1S/C21H21ClN4OS/c1-14-20(16-4-6-17(22)7-5-16)25-19(28-14)13-24-21(27)26-12-2-3-18(26)15-8-10-23-11-9-15/h4-11,18H,2-3,12-13H2,1H3,(H,24,27). The van der Waals surface area contributed by atoms with Crippen molar-refractivity contribution in [2.75, 3.05) is 6.54 Å². The van der Waals surface area contributed by atoms with E-state index in [4.69, 9.17) is 16.6 Å². The van der Waals surface area contributed by atoms with Gasteiger partial charge in [-0.05, 0) is 49.6 Å². The van der Waals surface area contributed by atoms with Gasteiger partial charge < -0.3 is 10.2 Å². The predicted octanol–water partition coefficient (Wildman–Crippen LogP) is 5.21. The third-order valence-electron chi connectivity index (χ3n) is 4.95. The van der Waals surface area contributed by atoms with E-state index in [2.05, 4.69) is 10.3 Å². The molecule has 0 radical (unpaired) electrons. The second-order valence-corrected chi connectivity index (χ2v) is 8.53. The number of halogens is 1. The average molecular weight is 413 g/mol. The van der Waals surface area contributed by atoms with Gasteiger partial charge in [0.2, 0.25) is 0 Å². The largest absolute Gasteiger partial charge is 0.331 e. The maximum absolute atomic E-state index is 12.8. The highest BCUT2D eigenvalue weighted by atomic mass is 35.5. The number of rotatable bonds is 4. The first kappa shape index (κ1) is 18.9. The summed E-state index contributed by atoms with van der Waals surface area (Å²) in [5, 5.41) is 4.65. The van der Waals surface area contributed by atoms with E-state index >= 15 is 0 Å². The number of benzene rings is 1. The lowest BCUT2D eigenvalue weighted by atomic mass is 10.1. The Morgan fingerprint density at radius 3 is 2.75 bits per heavy atom. The Morgan fingerprint density at radius 2 is 2.00 bits per heavy atom. The lowest BCUT2D eigenvalue weighted by Crippen LogP contribution is -2.39. The van der Waals surface area contributed by atoms with Crippen LogP contribution in [-0.4, -0.2) is 27.4 Å². The fourth-order valence-electron chi connectivity index (χ4n) is 3.60. The first-order chi connectivity index (χ1) is 13.6. The summed E-state index contributed by atoms with van der Waals surface area (Å²) in [6.45, 7) is 3.25. The molecular formula is C21H21ClN4OS. The highest BCUT2D eigenvalue weighted by Crippen LogP contribution is 2.32. The number of hydrogen-bond acceptors (Lipinski definition) is 4. The number of aryl methyl sites for hydroxylation is 1.